The van der Waals surface area contributed by atoms with Gasteiger partial charge in [0, 0.05) is 18.7 Å². The van der Waals surface area contributed by atoms with E-state index in [-0.39, 0.29) is 0 Å². The summed E-state index contributed by atoms with van der Waals surface area (Å²) in [5, 5.41) is 0. The lowest BCUT2D eigenvalue weighted by atomic mass is 10.1. The Bertz CT molecular complexity index is 747. The van der Waals surface area contributed by atoms with Crippen LogP contribution in [0.25, 0.3) is 22.6 Å². The highest BCUT2D eigenvalue weighted by Crippen LogP contribution is 2.33. The number of nitrogens with zero attached hydrogens (tertiary/aromatic N) is 3. The lowest BCUT2D eigenvalue weighted by Gasteiger charge is -2.29. The summed E-state index contributed by atoms with van der Waals surface area (Å²) in [6.07, 6.45) is 0. The predicted octanol–water partition coefficient (Wildman–Crippen LogP) is 2.72. The molecule has 1 aromatic carbocycles. The quantitative estimate of drug-likeness (QED) is 0.789. The molecule has 5 nitrogen and oxygen atoms in total. The minimum atomic E-state index is 0.743. The zero-order valence-electron chi connectivity index (χ0n) is 12.5. The Morgan fingerprint density at radius 2 is 1.86 bits per heavy atom. The van der Waals surface area contributed by atoms with E-state index in [1.165, 1.54) is 0 Å². The first-order valence-corrected chi connectivity index (χ1v) is 7.57. The van der Waals surface area contributed by atoms with Crippen molar-refractivity contribution in [1.29, 1.82) is 0 Å². The molecule has 3 aliphatic heterocycles. The largest absolute Gasteiger partial charge is 0.378 e. The van der Waals surface area contributed by atoms with Crippen LogP contribution < -0.4 is 4.90 Å². The number of hydrogen-bond acceptors (Lipinski definition) is 4. The number of H-pyrrole nitrogens is 1. The predicted molar refractivity (Wildman–Crippen MR) is 86.2 cm³/mol. The van der Waals surface area contributed by atoms with E-state index in [0.29, 0.717) is 0 Å². The van der Waals surface area contributed by atoms with Crippen LogP contribution in [0, 0.1) is 6.92 Å². The fourth-order valence-electron chi connectivity index (χ4n) is 2.87. The zero-order valence-corrected chi connectivity index (χ0v) is 12.5. The summed E-state index contributed by atoms with van der Waals surface area (Å²) >= 11 is 0. The average Bonchev–Trinajstić information content (AvgIpc) is 2.99. The molecular formula is C17H18N4O. The van der Waals surface area contributed by atoms with E-state index in [1.54, 1.807) is 0 Å². The molecule has 0 spiro atoms. The van der Waals surface area contributed by atoms with Crippen LogP contribution in [0.3, 0.4) is 0 Å². The van der Waals surface area contributed by atoms with Crippen LogP contribution in [0.5, 0.6) is 0 Å². The van der Waals surface area contributed by atoms with Gasteiger partial charge in [-0.2, -0.15) is 0 Å². The number of morpholine rings is 1. The standard InChI is InChI=1S/C17H18N4O/c1-12-18-15-11-14(13-5-3-2-4-6-13)20-16(15)17(19-12)21-7-9-22-10-8-21/h2-6,11H,7-10H2,1H3,(H,18,19). The van der Waals surface area contributed by atoms with E-state index in [9.17, 15) is 0 Å². The molecule has 1 N–H and O–H groups in total. The van der Waals surface area contributed by atoms with Gasteiger partial charge in [0.25, 0.3) is 0 Å². The van der Waals surface area contributed by atoms with Crippen LogP contribution in [0.1, 0.15) is 5.82 Å². The number of anilines is 1. The lowest BCUT2D eigenvalue weighted by molar-refractivity contribution is 0.122. The maximum Gasteiger partial charge on any atom is 0.158 e. The molecule has 0 amide bonds. The summed E-state index contributed by atoms with van der Waals surface area (Å²) in [7, 11) is 0. The van der Waals surface area contributed by atoms with E-state index in [4.69, 9.17) is 9.72 Å². The molecule has 1 aromatic rings. The van der Waals surface area contributed by atoms with E-state index in [0.717, 1.165) is 60.6 Å². The summed E-state index contributed by atoms with van der Waals surface area (Å²) in [4.78, 5) is 15.1. The van der Waals surface area contributed by atoms with Crippen molar-refractivity contribution in [2.45, 2.75) is 6.92 Å². The summed E-state index contributed by atoms with van der Waals surface area (Å²) in [6, 6.07) is 12.3. The Morgan fingerprint density at radius 1 is 1.09 bits per heavy atom. The molecule has 1 fully saturated rings. The molecule has 22 heavy (non-hydrogen) atoms. The van der Waals surface area contributed by atoms with Crippen LogP contribution in [0.2, 0.25) is 0 Å². The number of aromatic amines is 1. The normalized spacial score (nSPS) is 15.4. The fraction of sp³-hybridized carbons (Fsp3) is 0.294. The molecule has 112 valence electrons. The number of aromatic nitrogens is 3. The Morgan fingerprint density at radius 3 is 2.64 bits per heavy atom. The smallest absolute Gasteiger partial charge is 0.158 e. The number of aryl methyl sites for hydroxylation is 1. The first kappa shape index (κ1) is 13.3. The molecule has 4 rings (SSSR count). The van der Waals surface area contributed by atoms with Crippen LogP contribution in [-0.2, 0) is 4.74 Å². The second-order valence-corrected chi connectivity index (χ2v) is 5.51. The average molecular weight is 294 g/mol. The number of ether oxygens (including phenoxy) is 1. The topological polar surface area (TPSA) is 54.0 Å². The maximum atomic E-state index is 5.44. The third-order valence-corrected chi connectivity index (χ3v) is 3.95. The Labute approximate surface area is 129 Å². The molecule has 0 radical (unpaired) electrons. The molecule has 0 unspecified atom stereocenters. The highest BCUT2D eigenvalue weighted by atomic mass is 16.5. The first-order valence-electron chi connectivity index (χ1n) is 7.57. The zero-order chi connectivity index (χ0) is 14.9. The van der Waals surface area contributed by atoms with Crippen molar-refractivity contribution in [3.05, 3.63) is 42.2 Å². The van der Waals surface area contributed by atoms with Gasteiger partial charge in [-0.15, -0.1) is 0 Å². The Balaban J connectivity index is 1.82. The SMILES string of the molecule is Cc1nc(N2CCOCC2)c2nc(-c3ccccc3)cc-2[nH]1. The third-order valence-electron chi connectivity index (χ3n) is 3.95. The fourth-order valence-corrected chi connectivity index (χ4v) is 2.87. The van der Waals surface area contributed by atoms with Crippen molar-refractivity contribution < 1.29 is 4.74 Å². The van der Waals surface area contributed by atoms with Crippen molar-refractivity contribution in [3.63, 3.8) is 0 Å². The lowest BCUT2D eigenvalue weighted by Crippen LogP contribution is -2.37. The van der Waals surface area contributed by atoms with Crippen LogP contribution >= 0.6 is 0 Å². The molecule has 3 aliphatic rings. The number of benzene rings is 1. The third kappa shape index (κ3) is 2.33. The summed E-state index contributed by atoms with van der Waals surface area (Å²) in [5.74, 6) is 1.86. The van der Waals surface area contributed by atoms with Gasteiger partial charge in [-0.1, -0.05) is 30.3 Å². The van der Waals surface area contributed by atoms with E-state index in [2.05, 4.69) is 33.1 Å². The van der Waals surface area contributed by atoms with Crippen molar-refractivity contribution >= 4 is 5.82 Å². The van der Waals surface area contributed by atoms with Gasteiger partial charge in [-0.25, -0.2) is 9.97 Å². The number of hydrogen-bond donors (Lipinski definition) is 1. The van der Waals surface area contributed by atoms with Crippen LogP contribution in [0.15, 0.2) is 36.4 Å². The summed E-state index contributed by atoms with van der Waals surface area (Å²) in [6.45, 7) is 5.19. The van der Waals surface area contributed by atoms with E-state index in [1.807, 2.05) is 25.1 Å². The monoisotopic (exact) mass is 294 g/mol. The van der Waals surface area contributed by atoms with Crippen molar-refractivity contribution in [3.8, 4) is 22.6 Å². The van der Waals surface area contributed by atoms with Crippen molar-refractivity contribution in [2.75, 3.05) is 31.2 Å². The highest BCUT2D eigenvalue weighted by Gasteiger charge is 2.22. The maximum absolute atomic E-state index is 5.44. The van der Waals surface area contributed by atoms with Gasteiger partial charge >= 0.3 is 0 Å². The molecule has 0 saturated carbocycles. The van der Waals surface area contributed by atoms with Gasteiger partial charge in [-0.05, 0) is 13.0 Å². The number of rotatable bonds is 2. The second kappa shape index (κ2) is 5.42. The molecule has 0 bridgehead atoms. The molecule has 5 heteroatoms. The van der Waals surface area contributed by atoms with E-state index < -0.39 is 0 Å². The molecule has 1 saturated heterocycles. The minimum Gasteiger partial charge on any atom is -0.378 e. The van der Waals surface area contributed by atoms with Gasteiger partial charge in [0.05, 0.1) is 24.6 Å². The van der Waals surface area contributed by atoms with Crippen LogP contribution in [-0.4, -0.2) is 41.3 Å². The van der Waals surface area contributed by atoms with Gasteiger partial charge in [0.1, 0.15) is 11.5 Å². The van der Waals surface area contributed by atoms with E-state index >= 15 is 0 Å². The first-order chi connectivity index (χ1) is 10.8. The van der Waals surface area contributed by atoms with Gasteiger partial charge in [0.15, 0.2) is 5.82 Å². The van der Waals surface area contributed by atoms with Crippen LogP contribution in [0.4, 0.5) is 5.82 Å². The molecule has 0 aromatic heterocycles. The van der Waals surface area contributed by atoms with Gasteiger partial charge in [-0.3, -0.25) is 0 Å². The van der Waals surface area contributed by atoms with Gasteiger partial charge < -0.3 is 14.6 Å². The Hall–Kier alpha value is -2.40. The second-order valence-electron chi connectivity index (χ2n) is 5.51. The Kier molecular flexibility index (Phi) is 3.27. The minimum absolute atomic E-state index is 0.743. The van der Waals surface area contributed by atoms with Crippen molar-refractivity contribution in [2.24, 2.45) is 0 Å². The molecule has 0 atom stereocenters. The highest BCUT2D eigenvalue weighted by molar-refractivity contribution is 5.78. The van der Waals surface area contributed by atoms with Gasteiger partial charge in [0.2, 0.25) is 0 Å². The van der Waals surface area contributed by atoms with Crippen molar-refractivity contribution in [1.82, 2.24) is 15.0 Å². The summed E-state index contributed by atoms with van der Waals surface area (Å²) < 4.78 is 5.44. The summed E-state index contributed by atoms with van der Waals surface area (Å²) in [5.41, 5.74) is 4.07. The number of nitrogens with one attached hydrogen (secondary N) is 1. The number of fused-ring (bicyclic) bond motifs is 1. The molecular weight excluding hydrogens is 276 g/mol. The molecule has 0 aliphatic carbocycles. The molecule has 3 heterocycles.